The summed E-state index contributed by atoms with van der Waals surface area (Å²) < 4.78 is 0. The van der Waals surface area contributed by atoms with Crippen LogP contribution in [0.5, 0.6) is 0 Å². The summed E-state index contributed by atoms with van der Waals surface area (Å²) in [5, 5.41) is 3.98. The molecule has 0 amide bonds. The van der Waals surface area contributed by atoms with Crippen molar-refractivity contribution < 1.29 is 0 Å². The highest BCUT2D eigenvalue weighted by Crippen LogP contribution is 2.30. The molecule has 1 saturated heterocycles. The van der Waals surface area contributed by atoms with E-state index in [1.165, 1.54) is 38.0 Å². The first-order valence-electron chi connectivity index (χ1n) is 9.54. The zero-order chi connectivity index (χ0) is 18.5. The Morgan fingerprint density at radius 2 is 2.15 bits per heavy atom. The molecule has 1 aromatic rings. The predicted molar refractivity (Wildman–Crippen MR) is 111 cm³/mol. The van der Waals surface area contributed by atoms with Gasteiger partial charge < -0.3 is 20.9 Å². The summed E-state index contributed by atoms with van der Waals surface area (Å²) in [6, 6.07) is 3.81. The van der Waals surface area contributed by atoms with Crippen molar-refractivity contribution in [2.24, 2.45) is 5.73 Å². The van der Waals surface area contributed by atoms with Gasteiger partial charge in [0.15, 0.2) is 0 Å². The molecule has 6 heteroatoms. The van der Waals surface area contributed by atoms with E-state index in [0.29, 0.717) is 5.15 Å². The van der Waals surface area contributed by atoms with Gasteiger partial charge in [0.25, 0.3) is 0 Å². The Morgan fingerprint density at radius 3 is 2.88 bits per heavy atom. The molecule has 2 aliphatic heterocycles. The summed E-state index contributed by atoms with van der Waals surface area (Å²) in [4.78, 5) is 9.20. The molecule has 0 aromatic carbocycles. The lowest BCUT2D eigenvalue weighted by Crippen LogP contribution is -2.30. The molecule has 142 valence electrons. The summed E-state index contributed by atoms with van der Waals surface area (Å²) in [6.07, 6.45) is 8.06. The lowest BCUT2D eigenvalue weighted by Gasteiger charge is -2.29. The quantitative estimate of drug-likeness (QED) is 0.567. The molecule has 0 spiro atoms. The number of halogens is 1. The molecule has 3 rings (SSSR count). The van der Waals surface area contributed by atoms with E-state index in [-0.39, 0.29) is 6.04 Å². The highest BCUT2D eigenvalue weighted by atomic mass is 35.5. The number of fused-ring (bicyclic) bond motifs is 1. The van der Waals surface area contributed by atoms with Crippen LogP contribution in [-0.2, 0) is 0 Å². The van der Waals surface area contributed by atoms with E-state index in [1.54, 1.807) is 0 Å². The summed E-state index contributed by atoms with van der Waals surface area (Å²) in [5.41, 5.74) is 10.6. The molecule has 3 N–H and O–H groups in total. The summed E-state index contributed by atoms with van der Waals surface area (Å²) in [7, 11) is 2.07. The maximum absolute atomic E-state index is 6.25. The van der Waals surface area contributed by atoms with Gasteiger partial charge in [-0.3, -0.25) is 0 Å². The zero-order valence-electron chi connectivity index (χ0n) is 15.8. The van der Waals surface area contributed by atoms with Crippen LogP contribution < -0.4 is 16.0 Å². The van der Waals surface area contributed by atoms with E-state index < -0.39 is 0 Å². The van der Waals surface area contributed by atoms with E-state index in [9.17, 15) is 0 Å². The molecule has 26 heavy (non-hydrogen) atoms. The van der Waals surface area contributed by atoms with Gasteiger partial charge >= 0.3 is 0 Å². The Bertz CT molecular complexity index is 677. The van der Waals surface area contributed by atoms with Crippen molar-refractivity contribution in [2.75, 3.05) is 44.7 Å². The van der Waals surface area contributed by atoms with Gasteiger partial charge in [-0.15, -0.1) is 0 Å². The highest BCUT2D eigenvalue weighted by Gasteiger charge is 2.20. The fourth-order valence-corrected chi connectivity index (χ4v) is 3.86. The maximum Gasteiger partial charge on any atom is 0.129 e. The number of hydrogen-bond acceptors (Lipinski definition) is 5. The van der Waals surface area contributed by atoms with E-state index in [2.05, 4.69) is 39.4 Å². The summed E-state index contributed by atoms with van der Waals surface area (Å²) in [5.74, 6) is 0. The van der Waals surface area contributed by atoms with Gasteiger partial charge in [0.05, 0.1) is 11.4 Å². The Morgan fingerprint density at radius 1 is 1.38 bits per heavy atom. The van der Waals surface area contributed by atoms with Gasteiger partial charge in [-0.1, -0.05) is 11.6 Å². The number of hydrogen-bond donors (Lipinski definition) is 2. The number of nitrogens with two attached hydrogens (primary N) is 1. The van der Waals surface area contributed by atoms with Crippen LogP contribution in [0.1, 0.15) is 31.9 Å². The van der Waals surface area contributed by atoms with Crippen LogP contribution in [0.15, 0.2) is 29.5 Å². The fourth-order valence-electron chi connectivity index (χ4n) is 3.71. The molecular weight excluding hydrogens is 346 g/mol. The number of nitrogens with one attached hydrogen (secondary N) is 1. The molecule has 0 radical (unpaired) electrons. The molecule has 1 fully saturated rings. The Balaban J connectivity index is 1.65. The number of aromatic nitrogens is 1. The van der Waals surface area contributed by atoms with Crippen LogP contribution in [0.25, 0.3) is 6.08 Å². The highest BCUT2D eigenvalue weighted by molar-refractivity contribution is 6.29. The normalized spacial score (nSPS) is 19.3. The van der Waals surface area contributed by atoms with Crippen molar-refractivity contribution in [3.8, 4) is 0 Å². The van der Waals surface area contributed by atoms with Crippen LogP contribution >= 0.6 is 11.6 Å². The first-order chi connectivity index (χ1) is 12.5. The molecule has 5 nitrogen and oxygen atoms in total. The minimum Gasteiger partial charge on any atom is -0.391 e. The zero-order valence-corrected chi connectivity index (χ0v) is 16.6. The molecule has 0 saturated carbocycles. The largest absolute Gasteiger partial charge is 0.391 e. The Hall–Kier alpha value is -1.56. The molecule has 3 heterocycles. The van der Waals surface area contributed by atoms with Crippen LogP contribution in [0.3, 0.4) is 0 Å². The van der Waals surface area contributed by atoms with Crippen LogP contribution in [-0.4, -0.2) is 55.7 Å². The first kappa shape index (κ1) is 19.2. The fraction of sp³-hybridized carbons (Fsp3) is 0.550. The van der Waals surface area contributed by atoms with Crippen LogP contribution in [0.2, 0.25) is 5.15 Å². The minimum atomic E-state index is -0.0403. The van der Waals surface area contributed by atoms with Crippen molar-refractivity contribution in [2.45, 2.75) is 32.2 Å². The van der Waals surface area contributed by atoms with Gasteiger partial charge in [0, 0.05) is 32.4 Å². The van der Waals surface area contributed by atoms with Crippen molar-refractivity contribution in [1.82, 2.24) is 15.2 Å². The Labute approximate surface area is 161 Å². The predicted octanol–water partition coefficient (Wildman–Crippen LogP) is 2.87. The van der Waals surface area contributed by atoms with Gasteiger partial charge in [0.2, 0.25) is 0 Å². The number of nitrogens with zero attached hydrogens (tertiary/aromatic N) is 3. The Kier molecular flexibility index (Phi) is 6.57. The number of anilines is 1. The van der Waals surface area contributed by atoms with E-state index in [0.717, 1.165) is 36.5 Å². The van der Waals surface area contributed by atoms with Gasteiger partial charge in [-0.05, 0) is 75.2 Å². The SMILES string of the molecule is CC(N)/C(=C\NCCCN1CCCC1)C1=Cc2nc(Cl)ccc2N(C)C1. The maximum atomic E-state index is 6.25. The molecule has 1 unspecified atom stereocenters. The second-order valence-corrected chi connectivity index (χ2v) is 7.70. The van der Waals surface area contributed by atoms with Crippen LogP contribution in [0.4, 0.5) is 5.69 Å². The molecule has 1 atom stereocenters. The van der Waals surface area contributed by atoms with Crippen molar-refractivity contribution in [3.63, 3.8) is 0 Å². The number of likely N-dealkylation sites (tertiary alicyclic amines) is 1. The number of pyridine rings is 1. The molecule has 2 aliphatic rings. The van der Waals surface area contributed by atoms with Crippen LogP contribution in [0, 0.1) is 0 Å². The lowest BCUT2D eigenvalue weighted by molar-refractivity contribution is 0.333. The third-order valence-corrected chi connectivity index (χ3v) is 5.32. The second kappa shape index (κ2) is 8.89. The third-order valence-electron chi connectivity index (χ3n) is 5.11. The van der Waals surface area contributed by atoms with Gasteiger partial charge in [-0.25, -0.2) is 4.98 Å². The second-order valence-electron chi connectivity index (χ2n) is 7.31. The molecule has 1 aromatic heterocycles. The van der Waals surface area contributed by atoms with E-state index >= 15 is 0 Å². The molecule has 0 bridgehead atoms. The molecular formula is C20H30ClN5. The van der Waals surface area contributed by atoms with Gasteiger partial charge in [-0.2, -0.15) is 0 Å². The van der Waals surface area contributed by atoms with Gasteiger partial charge in [0.1, 0.15) is 5.15 Å². The van der Waals surface area contributed by atoms with E-state index in [1.807, 2.05) is 19.1 Å². The lowest BCUT2D eigenvalue weighted by atomic mass is 9.96. The smallest absolute Gasteiger partial charge is 0.129 e. The summed E-state index contributed by atoms with van der Waals surface area (Å²) >= 11 is 6.07. The average Bonchev–Trinajstić information content (AvgIpc) is 3.10. The first-order valence-corrected chi connectivity index (χ1v) is 9.92. The average molecular weight is 376 g/mol. The number of rotatable bonds is 7. The monoisotopic (exact) mass is 375 g/mol. The molecule has 0 aliphatic carbocycles. The van der Waals surface area contributed by atoms with Crippen molar-refractivity contribution in [1.29, 1.82) is 0 Å². The van der Waals surface area contributed by atoms with Crippen molar-refractivity contribution >= 4 is 23.4 Å². The third kappa shape index (κ3) is 4.78. The summed E-state index contributed by atoms with van der Waals surface area (Å²) in [6.45, 7) is 7.51. The topological polar surface area (TPSA) is 57.4 Å². The van der Waals surface area contributed by atoms with Crippen molar-refractivity contribution in [3.05, 3.63) is 40.3 Å². The minimum absolute atomic E-state index is 0.0403. The standard InChI is InChI=1S/C20H30ClN5/c1-15(22)17(13-23-8-5-11-26-9-3-4-10-26)16-12-18-19(25(2)14-16)6-7-20(21)24-18/h6-7,12-13,15,23H,3-5,8-11,14,22H2,1-2H3/b17-13+. The number of likely N-dealkylation sites (N-methyl/N-ethyl adjacent to an activating group) is 1. The van der Waals surface area contributed by atoms with E-state index in [4.69, 9.17) is 17.3 Å².